The molecule has 0 aliphatic heterocycles. The Labute approximate surface area is 197 Å². The van der Waals surface area contributed by atoms with Crippen LogP contribution in [0.5, 0.6) is 0 Å². The summed E-state index contributed by atoms with van der Waals surface area (Å²) in [7, 11) is 0. The van der Waals surface area contributed by atoms with E-state index in [9.17, 15) is 4.79 Å². The maximum absolute atomic E-state index is 12.3. The topological polar surface area (TPSA) is 56.2 Å². The third-order valence-corrected chi connectivity index (χ3v) is 5.93. The number of alkyl carbamates (subject to hydrolysis) is 1. The molecule has 3 aromatic carbocycles. The first-order valence-electron chi connectivity index (χ1n) is 10.7. The maximum Gasteiger partial charge on any atom is 0.407 e. The van der Waals surface area contributed by atoms with Gasteiger partial charge in [0.1, 0.15) is 6.61 Å². The molecule has 1 heterocycles. The second kappa shape index (κ2) is 9.35. The van der Waals surface area contributed by atoms with E-state index in [1.165, 1.54) is 22.3 Å². The SMILES string of the molecule is O=C(NCC=Cc1cnn(-c2cccc(Cl)c2)c1)OCC1c2ccccc2-c2ccccc21. The third-order valence-electron chi connectivity index (χ3n) is 5.69. The van der Waals surface area contributed by atoms with Gasteiger partial charge < -0.3 is 10.1 Å². The molecule has 1 aliphatic carbocycles. The molecule has 0 saturated carbocycles. The number of carbonyl (C=O) groups is 1. The number of amides is 1. The molecule has 0 unspecified atom stereocenters. The number of nitrogens with zero attached hydrogens (tertiary/aromatic N) is 2. The van der Waals surface area contributed by atoms with Crippen molar-refractivity contribution in [2.45, 2.75) is 5.92 Å². The van der Waals surface area contributed by atoms with Gasteiger partial charge in [-0.2, -0.15) is 5.10 Å². The number of fused-ring (bicyclic) bond motifs is 3. The van der Waals surface area contributed by atoms with Crippen molar-refractivity contribution in [1.29, 1.82) is 0 Å². The lowest BCUT2D eigenvalue weighted by molar-refractivity contribution is 0.144. The van der Waals surface area contributed by atoms with E-state index < -0.39 is 6.09 Å². The molecule has 5 nitrogen and oxygen atoms in total. The van der Waals surface area contributed by atoms with Crippen LogP contribution < -0.4 is 5.32 Å². The van der Waals surface area contributed by atoms with Gasteiger partial charge in [-0.25, -0.2) is 9.48 Å². The minimum absolute atomic E-state index is 0.0519. The fourth-order valence-electron chi connectivity index (χ4n) is 4.17. The van der Waals surface area contributed by atoms with E-state index in [0.29, 0.717) is 18.2 Å². The Morgan fingerprint density at radius 2 is 1.76 bits per heavy atom. The van der Waals surface area contributed by atoms with Gasteiger partial charge in [0.05, 0.1) is 11.9 Å². The van der Waals surface area contributed by atoms with E-state index in [2.05, 4.69) is 34.7 Å². The predicted molar refractivity (Wildman–Crippen MR) is 131 cm³/mol. The van der Waals surface area contributed by atoms with Crippen LogP contribution in [0.2, 0.25) is 5.02 Å². The molecule has 5 rings (SSSR count). The molecule has 33 heavy (non-hydrogen) atoms. The van der Waals surface area contributed by atoms with Crippen molar-refractivity contribution in [1.82, 2.24) is 15.1 Å². The molecule has 0 radical (unpaired) electrons. The standard InChI is InChI=1S/C27H22ClN3O2/c28-20-8-5-9-21(15-20)31-17-19(16-30-31)7-6-14-29-27(32)33-18-26-24-12-3-1-10-22(24)23-11-2-4-13-25(23)26/h1-13,15-17,26H,14,18H2,(H,29,32). The van der Waals surface area contributed by atoms with Gasteiger partial charge in [0.15, 0.2) is 0 Å². The zero-order valence-corrected chi connectivity index (χ0v) is 18.6. The van der Waals surface area contributed by atoms with Crippen molar-refractivity contribution in [2.24, 2.45) is 0 Å². The van der Waals surface area contributed by atoms with Gasteiger partial charge in [0.25, 0.3) is 0 Å². The Morgan fingerprint density at radius 3 is 2.48 bits per heavy atom. The number of hydrogen-bond acceptors (Lipinski definition) is 3. The van der Waals surface area contributed by atoms with Crippen LogP contribution in [0.25, 0.3) is 22.9 Å². The van der Waals surface area contributed by atoms with Crippen LogP contribution in [0.1, 0.15) is 22.6 Å². The Morgan fingerprint density at radius 1 is 1.03 bits per heavy atom. The summed E-state index contributed by atoms with van der Waals surface area (Å²) < 4.78 is 7.31. The molecular weight excluding hydrogens is 434 g/mol. The summed E-state index contributed by atoms with van der Waals surface area (Å²) in [6.45, 7) is 0.662. The highest BCUT2D eigenvalue weighted by atomic mass is 35.5. The van der Waals surface area contributed by atoms with Crippen LogP contribution in [0.15, 0.2) is 91.3 Å². The zero-order chi connectivity index (χ0) is 22.6. The maximum atomic E-state index is 12.3. The summed E-state index contributed by atoms with van der Waals surface area (Å²) >= 11 is 6.04. The highest BCUT2D eigenvalue weighted by Crippen LogP contribution is 2.44. The van der Waals surface area contributed by atoms with Gasteiger partial charge in [-0.1, -0.05) is 78.4 Å². The smallest absolute Gasteiger partial charge is 0.407 e. The number of rotatable bonds is 6. The van der Waals surface area contributed by atoms with Gasteiger partial charge in [0, 0.05) is 29.2 Å². The normalized spacial score (nSPS) is 12.5. The number of ether oxygens (including phenoxy) is 1. The quantitative estimate of drug-likeness (QED) is 0.383. The molecule has 1 amide bonds. The van der Waals surface area contributed by atoms with Crippen LogP contribution in [0.3, 0.4) is 0 Å². The Bertz CT molecular complexity index is 1280. The molecule has 164 valence electrons. The third kappa shape index (κ3) is 4.54. The Hall–Kier alpha value is -3.83. The fourth-order valence-corrected chi connectivity index (χ4v) is 4.35. The number of nitrogens with one attached hydrogen (secondary N) is 1. The minimum Gasteiger partial charge on any atom is -0.449 e. The number of hydrogen-bond donors (Lipinski definition) is 1. The first-order chi connectivity index (χ1) is 16.2. The van der Waals surface area contributed by atoms with E-state index in [4.69, 9.17) is 16.3 Å². The van der Waals surface area contributed by atoms with E-state index in [-0.39, 0.29) is 5.92 Å². The van der Waals surface area contributed by atoms with Crippen molar-refractivity contribution in [2.75, 3.05) is 13.2 Å². The first kappa shape index (κ1) is 21.0. The lowest BCUT2D eigenvalue weighted by Crippen LogP contribution is -2.26. The predicted octanol–water partition coefficient (Wildman–Crippen LogP) is 6.08. The number of benzene rings is 3. The number of halogens is 1. The zero-order valence-electron chi connectivity index (χ0n) is 17.8. The average molecular weight is 456 g/mol. The highest BCUT2D eigenvalue weighted by molar-refractivity contribution is 6.30. The highest BCUT2D eigenvalue weighted by Gasteiger charge is 2.28. The fraction of sp³-hybridized carbons (Fsp3) is 0.111. The minimum atomic E-state index is -0.434. The van der Waals surface area contributed by atoms with Crippen LogP contribution in [-0.4, -0.2) is 29.0 Å². The largest absolute Gasteiger partial charge is 0.449 e. The molecule has 1 aliphatic rings. The van der Waals surface area contributed by atoms with Gasteiger partial charge in [-0.15, -0.1) is 0 Å². The van der Waals surface area contributed by atoms with Gasteiger partial charge >= 0.3 is 6.09 Å². The lowest BCUT2D eigenvalue weighted by atomic mass is 9.98. The molecular formula is C27H22ClN3O2. The summed E-state index contributed by atoms with van der Waals surface area (Å²) in [5, 5.41) is 7.78. The van der Waals surface area contributed by atoms with Crippen molar-refractivity contribution in [3.63, 3.8) is 0 Å². The first-order valence-corrected chi connectivity index (χ1v) is 11.1. The molecule has 1 N–H and O–H groups in total. The average Bonchev–Trinajstić information content (AvgIpc) is 3.44. The van der Waals surface area contributed by atoms with E-state index in [0.717, 1.165) is 11.3 Å². The molecule has 4 aromatic rings. The molecule has 1 aromatic heterocycles. The molecule has 0 saturated heterocycles. The summed E-state index contributed by atoms with van der Waals surface area (Å²) in [6, 6.07) is 24.1. The van der Waals surface area contributed by atoms with E-state index in [1.54, 1.807) is 10.9 Å². The molecule has 0 fully saturated rings. The number of carbonyl (C=O) groups excluding carboxylic acids is 1. The second-order valence-corrected chi connectivity index (χ2v) is 8.24. The van der Waals surface area contributed by atoms with Crippen LogP contribution in [0.4, 0.5) is 4.79 Å². The molecule has 0 bridgehead atoms. The second-order valence-electron chi connectivity index (χ2n) is 7.81. The lowest BCUT2D eigenvalue weighted by Gasteiger charge is -2.14. The van der Waals surface area contributed by atoms with Crippen LogP contribution in [0, 0.1) is 0 Å². The van der Waals surface area contributed by atoms with Crippen molar-refractivity contribution < 1.29 is 9.53 Å². The van der Waals surface area contributed by atoms with Gasteiger partial charge in [0.2, 0.25) is 0 Å². The number of aromatic nitrogens is 2. The van der Waals surface area contributed by atoms with Gasteiger partial charge in [-0.3, -0.25) is 0 Å². The molecule has 0 atom stereocenters. The monoisotopic (exact) mass is 455 g/mol. The van der Waals surface area contributed by atoms with Crippen LogP contribution in [-0.2, 0) is 4.74 Å². The summed E-state index contributed by atoms with van der Waals surface area (Å²) in [4.78, 5) is 12.3. The van der Waals surface area contributed by atoms with Crippen molar-refractivity contribution in [3.05, 3.63) is 113 Å². The molecule has 6 heteroatoms. The van der Waals surface area contributed by atoms with E-state index >= 15 is 0 Å². The Kier molecular flexibility index (Phi) is 5.96. The van der Waals surface area contributed by atoms with E-state index in [1.807, 2.05) is 66.9 Å². The Balaban J connectivity index is 1.14. The van der Waals surface area contributed by atoms with Gasteiger partial charge in [-0.05, 0) is 40.5 Å². The van der Waals surface area contributed by atoms with Crippen molar-refractivity contribution >= 4 is 23.8 Å². The summed E-state index contributed by atoms with van der Waals surface area (Å²) in [5.41, 5.74) is 6.63. The molecule has 0 spiro atoms. The van der Waals surface area contributed by atoms with Crippen LogP contribution >= 0.6 is 11.6 Å². The van der Waals surface area contributed by atoms with Crippen molar-refractivity contribution in [3.8, 4) is 16.8 Å². The summed E-state index contributed by atoms with van der Waals surface area (Å²) in [5.74, 6) is 0.0519. The summed E-state index contributed by atoms with van der Waals surface area (Å²) in [6.07, 6.45) is 6.98.